The van der Waals surface area contributed by atoms with Crippen molar-refractivity contribution in [3.63, 3.8) is 0 Å². The van der Waals surface area contributed by atoms with E-state index in [4.69, 9.17) is 0 Å². The molecule has 0 saturated carbocycles. The second kappa shape index (κ2) is 4.88. The molecule has 1 aliphatic heterocycles. The molecule has 0 spiro atoms. The first-order valence-electron chi connectivity index (χ1n) is 5.66. The Morgan fingerprint density at radius 3 is 2.81 bits per heavy atom. The van der Waals surface area contributed by atoms with Crippen molar-refractivity contribution in [1.29, 1.82) is 0 Å². The molecule has 0 aliphatic carbocycles. The third-order valence-corrected chi connectivity index (χ3v) is 2.97. The zero-order valence-electron chi connectivity index (χ0n) is 9.69. The summed E-state index contributed by atoms with van der Waals surface area (Å²) in [6, 6.07) is 10.5. The lowest BCUT2D eigenvalue weighted by Crippen LogP contribution is -2.25. The van der Waals surface area contributed by atoms with Gasteiger partial charge in [0.1, 0.15) is 6.17 Å². The van der Waals surface area contributed by atoms with Crippen molar-refractivity contribution in [2.45, 2.75) is 19.0 Å². The van der Waals surface area contributed by atoms with E-state index in [9.17, 15) is 0 Å². The van der Waals surface area contributed by atoms with Gasteiger partial charge in [-0.05, 0) is 18.4 Å². The molecule has 0 bridgehead atoms. The molecule has 0 fully saturated rings. The van der Waals surface area contributed by atoms with Crippen LogP contribution in [0.1, 0.15) is 24.6 Å². The SMILES string of the molecule is C=CCCC1=CNC(c2ccccc2)N1C. The van der Waals surface area contributed by atoms with Crippen LogP contribution in [0.3, 0.4) is 0 Å². The van der Waals surface area contributed by atoms with Crippen molar-refractivity contribution < 1.29 is 0 Å². The third-order valence-electron chi connectivity index (χ3n) is 2.97. The second-order valence-corrected chi connectivity index (χ2v) is 4.05. The lowest BCUT2D eigenvalue weighted by Gasteiger charge is -2.25. The van der Waals surface area contributed by atoms with Gasteiger partial charge in [0.2, 0.25) is 0 Å². The summed E-state index contributed by atoms with van der Waals surface area (Å²) in [6.45, 7) is 3.76. The number of hydrogen-bond donors (Lipinski definition) is 1. The van der Waals surface area contributed by atoms with Crippen molar-refractivity contribution in [2.24, 2.45) is 0 Å². The van der Waals surface area contributed by atoms with E-state index in [2.05, 4.69) is 54.3 Å². The highest BCUT2D eigenvalue weighted by Crippen LogP contribution is 2.27. The molecule has 1 aromatic carbocycles. The van der Waals surface area contributed by atoms with Crippen LogP contribution in [0.4, 0.5) is 0 Å². The maximum Gasteiger partial charge on any atom is 0.125 e. The predicted molar refractivity (Wildman–Crippen MR) is 67.6 cm³/mol. The van der Waals surface area contributed by atoms with Gasteiger partial charge in [-0.2, -0.15) is 0 Å². The average Bonchev–Trinajstić information content (AvgIpc) is 2.69. The normalized spacial score (nSPS) is 19.2. The molecule has 2 heteroatoms. The van der Waals surface area contributed by atoms with E-state index in [1.807, 2.05) is 12.1 Å². The molecule has 0 saturated heterocycles. The van der Waals surface area contributed by atoms with Crippen LogP contribution in [0, 0.1) is 0 Å². The predicted octanol–water partition coefficient (Wildman–Crippen LogP) is 3.03. The van der Waals surface area contributed by atoms with Crippen LogP contribution < -0.4 is 5.32 Å². The average molecular weight is 214 g/mol. The van der Waals surface area contributed by atoms with Crippen molar-refractivity contribution in [2.75, 3.05) is 7.05 Å². The molecular weight excluding hydrogens is 196 g/mol. The largest absolute Gasteiger partial charge is 0.366 e. The van der Waals surface area contributed by atoms with Crippen LogP contribution in [0.2, 0.25) is 0 Å². The third kappa shape index (κ3) is 2.11. The van der Waals surface area contributed by atoms with Gasteiger partial charge in [0, 0.05) is 18.9 Å². The molecule has 0 aromatic heterocycles. The number of rotatable bonds is 4. The number of benzene rings is 1. The van der Waals surface area contributed by atoms with Crippen molar-refractivity contribution >= 4 is 0 Å². The lowest BCUT2D eigenvalue weighted by atomic mass is 10.1. The second-order valence-electron chi connectivity index (χ2n) is 4.05. The monoisotopic (exact) mass is 214 g/mol. The van der Waals surface area contributed by atoms with Gasteiger partial charge in [0.15, 0.2) is 0 Å². The molecule has 1 N–H and O–H groups in total. The van der Waals surface area contributed by atoms with E-state index in [1.54, 1.807) is 0 Å². The van der Waals surface area contributed by atoms with Gasteiger partial charge < -0.3 is 10.2 Å². The number of nitrogens with one attached hydrogen (secondary N) is 1. The Labute approximate surface area is 97.3 Å². The first-order valence-corrected chi connectivity index (χ1v) is 5.66. The lowest BCUT2D eigenvalue weighted by molar-refractivity contribution is 0.310. The molecule has 0 amide bonds. The van der Waals surface area contributed by atoms with Crippen LogP contribution >= 0.6 is 0 Å². The summed E-state index contributed by atoms with van der Waals surface area (Å²) in [6.07, 6.45) is 6.43. The van der Waals surface area contributed by atoms with Gasteiger partial charge >= 0.3 is 0 Å². The Morgan fingerprint density at radius 1 is 1.38 bits per heavy atom. The van der Waals surface area contributed by atoms with Crippen molar-refractivity contribution in [3.05, 3.63) is 60.4 Å². The van der Waals surface area contributed by atoms with Gasteiger partial charge in [-0.25, -0.2) is 0 Å². The zero-order valence-corrected chi connectivity index (χ0v) is 9.69. The molecule has 1 heterocycles. The highest BCUT2D eigenvalue weighted by atomic mass is 15.3. The summed E-state index contributed by atoms with van der Waals surface area (Å²) >= 11 is 0. The van der Waals surface area contributed by atoms with E-state index in [-0.39, 0.29) is 6.17 Å². The molecule has 1 aliphatic rings. The fourth-order valence-electron chi connectivity index (χ4n) is 2.01. The first kappa shape index (κ1) is 10.8. The summed E-state index contributed by atoms with van der Waals surface area (Å²) in [5, 5.41) is 3.41. The molecule has 1 unspecified atom stereocenters. The van der Waals surface area contributed by atoms with Gasteiger partial charge in [0.05, 0.1) is 0 Å². The number of hydrogen-bond acceptors (Lipinski definition) is 2. The van der Waals surface area contributed by atoms with Crippen LogP contribution in [-0.2, 0) is 0 Å². The summed E-state index contributed by atoms with van der Waals surface area (Å²) in [5.41, 5.74) is 2.64. The molecule has 1 aromatic rings. The minimum absolute atomic E-state index is 0.279. The van der Waals surface area contributed by atoms with E-state index in [0.717, 1.165) is 12.8 Å². The Bertz CT molecular complexity index is 381. The van der Waals surface area contributed by atoms with Gasteiger partial charge in [-0.15, -0.1) is 6.58 Å². The van der Waals surface area contributed by atoms with Gasteiger partial charge in [-0.3, -0.25) is 0 Å². The fourth-order valence-corrected chi connectivity index (χ4v) is 2.01. The van der Waals surface area contributed by atoms with Gasteiger partial charge in [-0.1, -0.05) is 36.4 Å². The first-order chi connectivity index (χ1) is 7.83. The maximum absolute atomic E-state index is 3.76. The van der Waals surface area contributed by atoms with E-state index in [1.165, 1.54) is 11.3 Å². The molecular formula is C14H18N2. The smallest absolute Gasteiger partial charge is 0.125 e. The molecule has 1 atom stereocenters. The Balaban J connectivity index is 2.05. The Hall–Kier alpha value is -1.70. The van der Waals surface area contributed by atoms with E-state index in [0.29, 0.717) is 0 Å². The topological polar surface area (TPSA) is 15.3 Å². The van der Waals surface area contributed by atoms with Gasteiger partial charge in [0.25, 0.3) is 0 Å². The highest BCUT2D eigenvalue weighted by Gasteiger charge is 2.22. The molecule has 84 valence electrons. The molecule has 2 rings (SSSR count). The fraction of sp³-hybridized carbons (Fsp3) is 0.286. The Kier molecular flexibility index (Phi) is 3.30. The highest BCUT2D eigenvalue weighted by molar-refractivity contribution is 5.23. The van der Waals surface area contributed by atoms with Crippen LogP contribution in [0.15, 0.2) is 54.9 Å². The Morgan fingerprint density at radius 2 is 2.12 bits per heavy atom. The van der Waals surface area contributed by atoms with Crippen molar-refractivity contribution in [3.8, 4) is 0 Å². The molecule has 2 nitrogen and oxygen atoms in total. The summed E-state index contributed by atoms with van der Waals surface area (Å²) < 4.78 is 0. The zero-order chi connectivity index (χ0) is 11.4. The summed E-state index contributed by atoms with van der Waals surface area (Å²) in [5.74, 6) is 0. The quantitative estimate of drug-likeness (QED) is 0.775. The standard InChI is InChI=1S/C14H18N2/c1-3-4-10-13-11-15-14(16(13)2)12-8-6-5-7-9-12/h3,5-9,11,14-15H,1,4,10H2,2H3. The van der Waals surface area contributed by atoms with Crippen LogP contribution in [0.5, 0.6) is 0 Å². The van der Waals surface area contributed by atoms with E-state index < -0.39 is 0 Å². The van der Waals surface area contributed by atoms with E-state index >= 15 is 0 Å². The molecule has 16 heavy (non-hydrogen) atoms. The molecule has 0 radical (unpaired) electrons. The minimum Gasteiger partial charge on any atom is -0.366 e. The minimum atomic E-state index is 0.279. The van der Waals surface area contributed by atoms with Crippen LogP contribution in [0.25, 0.3) is 0 Å². The van der Waals surface area contributed by atoms with Crippen molar-refractivity contribution in [1.82, 2.24) is 10.2 Å². The summed E-state index contributed by atoms with van der Waals surface area (Å²) in [7, 11) is 2.13. The summed E-state index contributed by atoms with van der Waals surface area (Å²) in [4.78, 5) is 2.29. The number of allylic oxidation sites excluding steroid dienone is 2. The maximum atomic E-state index is 3.76. The van der Waals surface area contributed by atoms with Crippen LogP contribution in [-0.4, -0.2) is 11.9 Å². The number of nitrogens with zero attached hydrogens (tertiary/aromatic N) is 1.